The van der Waals surface area contributed by atoms with Gasteiger partial charge in [0.25, 0.3) is 5.91 Å². The number of nitrogens with one attached hydrogen (secondary N) is 1. The number of rotatable bonds is 9. The molecule has 0 aliphatic heterocycles. The Hall–Kier alpha value is -3.37. The summed E-state index contributed by atoms with van der Waals surface area (Å²) in [5, 5.41) is 3.96. The number of ether oxygens (including phenoxy) is 2. The van der Waals surface area contributed by atoms with Crippen LogP contribution in [0.15, 0.2) is 75.1 Å². The predicted octanol–water partition coefficient (Wildman–Crippen LogP) is 4.70. The summed E-state index contributed by atoms with van der Waals surface area (Å²) in [5.74, 6) is 0.521. The Morgan fingerprint density at radius 3 is 2.41 bits per heavy atom. The first-order chi connectivity index (χ1) is 16.2. The first-order valence-corrected chi connectivity index (χ1v) is 12.4. The van der Waals surface area contributed by atoms with Gasteiger partial charge in [-0.25, -0.2) is 5.43 Å². The Balaban J connectivity index is 1.79. The lowest BCUT2D eigenvalue weighted by Crippen LogP contribution is -2.18. The molecule has 3 rings (SSSR count). The van der Waals surface area contributed by atoms with Crippen LogP contribution in [0.1, 0.15) is 28.4 Å². The Morgan fingerprint density at radius 1 is 1.03 bits per heavy atom. The minimum atomic E-state index is -4.06. The molecular weight excluding hydrogens is 524 g/mol. The van der Waals surface area contributed by atoms with Crippen molar-refractivity contribution in [2.75, 3.05) is 13.7 Å². The van der Waals surface area contributed by atoms with Crippen LogP contribution in [-0.4, -0.2) is 34.3 Å². The summed E-state index contributed by atoms with van der Waals surface area (Å²) in [4.78, 5) is 12.6. The Labute approximate surface area is 206 Å². The van der Waals surface area contributed by atoms with Crippen molar-refractivity contribution in [2.24, 2.45) is 5.10 Å². The van der Waals surface area contributed by atoms with E-state index in [1.807, 2.05) is 13.8 Å². The molecule has 8 nitrogen and oxygen atoms in total. The number of benzene rings is 3. The largest absolute Gasteiger partial charge is 0.493 e. The molecule has 0 spiro atoms. The fourth-order valence-electron chi connectivity index (χ4n) is 2.88. The number of halogens is 1. The molecule has 10 heteroatoms. The summed E-state index contributed by atoms with van der Waals surface area (Å²) >= 11 is 3.34. The molecular formula is C24H23BrN2O6S. The Morgan fingerprint density at radius 2 is 1.74 bits per heavy atom. The van der Waals surface area contributed by atoms with Crippen LogP contribution in [-0.2, 0) is 10.1 Å². The SMILES string of the molecule is CCOc1cc(C(=O)N/N=C/c2cc(Br)ccc2OS(=O)(=O)c2ccc(C)cc2)ccc1OC. The minimum absolute atomic E-state index is 0.0295. The lowest BCUT2D eigenvalue weighted by atomic mass is 10.2. The van der Waals surface area contributed by atoms with Crippen molar-refractivity contribution in [2.45, 2.75) is 18.7 Å². The normalized spacial score (nSPS) is 11.3. The van der Waals surface area contributed by atoms with Crippen molar-refractivity contribution >= 4 is 38.2 Å². The highest BCUT2D eigenvalue weighted by Gasteiger charge is 2.18. The zero-order chi connectivity index (χ0) is 24.7. The molecule has 0 bridgehead atoms. The number of amides is 1. The molecule has 0 aliphatic carbocycles. The smallest absolute Gasteiger partial charge is 0.339 e. The molecule has 0 heterocycles. The van der Waals surface area contributed by atoms with Gasteiger partial charge < -0.3 is 13.7 Å². The van der Waals surface area contributed by atoms with Gasteiger partial charge in [-0.05, 0) is 62.4 Å². The van der Waals surface area contributed by atoms with Gasteiger partial charge in [0, 0.05) is 15.6 Å². The van der Waals surface area contributed by atoms with E-state index in [1.165, 1.54) is 31.5 Å². The maximum Gasteiger partial charge on any atom is 0.339 e. The van der Waals surface area contributed by atoms with E-state index in [4.69, 9.17) is 13.7 Å². The fraction of sp³-hybridized carbons (Fsp3) is 0.167. The van der Waals surface area contributed by atoms with Gasteiger partial charge in [0.2, 0.25) is 0 Å². The molecule has 0 aromatic heterocycles. The molecule has 3 aromatic carbocycles. The first-order valence-electron chi connectivity index (χ1n) is 10.2. The van der Waals surface area contributed by atoms with Crippen LogP contribution in [0.3, 0.4) is 0 Å². The number of hydrazone groups is 1. The van der Waals surface area contributed by atoms with Gasteiger partial charge in [0.05, 0.1) is 19.9 Å². The van der Waals surface area contributed by atoms with Gasteiger partial charge in [0.1, 0.15) is 4.90 Å². The quantitative estimate of drug-likeness (QED) is 0.237. The summed E-state index contributed by atoms with van der Waals surface area (Å²) in [6, 6.07) is 15.8. The van der Waals surface area contributed by atoms with Crippen LogP contribution >= 0.6 is 15.9 Å². The molecule has 178 valence electrons. The standard InChI is InChI=1S/C24H23BrN2O6S/c1-4-32-23-14-17(7-11-22(23)31-3)24(28)27-26-15-18-13-19(25)8-12-21(18)33-34(29,30)20-9-5-16(2)6-10-20/h5-15H,4H2,1-3H3,(H,27,28)/b26-15+. The second-order valence-electron chi connectivity index (χ2n) is 7.03. The van der Waals surface area contributed by atoms with E-state index in [2.05, 4.69) is 26.5 Å². The van der Waals surface area contributed by atoms with Gasteiger partial charge >= 0.3 is 10.1 Å². The van der Waals surface area contributed by atoms with Crippen LogP contribution in [0, 0.1) is 6.92 Å². The summed E-state index contributed by atoms with van der Waals surface area (Å²) in [7, 11) is -2.54. The monoisotopic (exact) mass is 546 g/mol. The molecule has 1 N–H and O–H groups in total. The first kappa shape index (κ1) is 25.3. The van der Waals surface area contributed by atoms with Crippen molar-refractivity contribution < 1.29 is 26.9 Å². The maximum atomic E-state index is 12.7. The van der Waals surface area contributed by atoms with Gasteiger partial charge in [-0.1, -0.05) is 33.6 Å². The molecule has 0 saturated heterocycles. The van der Waals surface area contributed by atoms with Crippen LogP contribution < -0.4 is 19.1 Å². The molecule has 0 unspecified atom stereocenters. The highest BCUT2D eigenvalue weighted by molar-refractivity contribution is 9.10. The van der Waals surface area contributed by atoms with E-state index in [1.54, 1.807) is 42.5 Å². The lowest BCUT2D eigenvalue weighted by molar-refractivity contribution is 0.0954. The van der Waals surface area contributed by atoms with E-state index in [-0.39, 0.29) is 10.6 Å². The van der Waals surface area contributed by atoms with Crippen LogP contribution in [0.25, 0.3) is 0 Å². The van der Waals surface area contributed by atoms with E-state index < -0.39 is 16.0 Å². The van der Waals surface area contributed by atoms with E-state index in [0.29, 0.717) is 33.7 Å². The number of hydrogen-bond donors (Lipinski definition) is 1. The van der Waals surface area contributed by atoms with Gasteiger partial charge in [0.15, 0.2) is 17.2 Å². The second-order valence-corrected chi connectivity index (χ2v) is 9.49. The number of aryl methyl sites for hydroxylation is 1. The van der Waals surface area contributed by atoms with Crippen molar-refractivity contribution in [3.8, 4) is 17.2 Å². The van der Waals surface area contributed by atoms with Crippen LogP contribution in [0.5, 0.6) is 17.2 Å². The Kier molecular flexibility index (Phi) is 8.30. The summed E-state index contributed by atoms with van der Waals surface area (Å²) < 4.78 is 42.1. The molecule has 1 amide bonds. The number of methoxy groups -OCH3 is 1. The van der Waals surface area contributed by atoms with Crippen molar-refractivity contribution in [3.05, 3.63) is 81.8 Å². The molecule has 3 aromatic rings. The third-order valence-corrected chi connectivity index (χ3v) is 6.32. The lowest BCUT2D eigenvalue weighted by Gasteiger charge is -2.11. The maximum absolute atomic E-state index is 12.7. The topological polar surface area (TPSA) is 103 Å². The molecule has 0 radical (unpaired) electrons. The van der Waals surface area contributed by atoms with Crippen molar-refractivity contribution in [3.63, 3.8) is 0 Å². The zero-order valence-corrected chi connectivity index (χ0v) is 21.1. The van der Waals surface area contributed by atoms with Crippen molar-refractivity contribution in [1.82, 2.24) is 5.43 Å². The van der Waals surface area contributed by atoms with Gasteiger partial charge in [-0.15, -0.1) is 0 Å². The average Bonchev–Trinajstić information content (AvgIpc) is 2.81. The number of carbonyl (C=O) groups is 1. The highest BCUT2D eigenvalue weighted by atomic mass is 79.9. The third-order valence-electron chi connectivity index (χ3n) is 4.58. The van der Waals surface area contributed by atoms with Crippen LogP contribution in [0.4, 0.5) is 0 Å². The average molecular weight is 547 g/mol. The van der Waals surface area contributed by atoms with Crippen molar-refractivity contribution in [1.29, 1.82) is 0 Å². The molecule has 0 saturated carbocycles. The summed E-state index contributed by atoms with van der Waals surface area (Å²) in [6.45, 7) is 4.10. The van der Waals surface area contributed by atoms with E-state index in [9.17, 15) is 13.2 Å². The highest BCUT2D eigenvalue weighted by Crippen LogP contribution is 2.28. The Bertz CT molecular complexity index is 1310. The van der Waals surface area contributed by atoms with E-state index in [0.717, 1.165) is 5.56 Å². The van der Waals surface area contributed by atoms with E-state index >= 15 is 0 Å². The molecule has 0 fully saturated rings. The fourth-order valence-corrected chi connectivity index (χ4v) is 4.21. The van der Waals surface area contributed by atoms with Gasteiger partial charge in [-0.3, -0.25) is 4.79 Å². The summed E-state index contributed by atoms with van der Waals surface area (Å²) in [5.41, 5.74) is 4.00. The zero-order valence-electron chi connectivity index (χ0n) is 18.7. The van der Waals surface area contributed by atoms with Gasteiger partial charge in [-0.2, -0.15) is 13.5 Å². The number of hydrogen-bond acceptors (Lipinski definition) is 7. The molecule has 0 atom stereocenters. The predicted molar refractivity (Wildman–Crippen MR) is 132 cm³/mol. The third kappa shape index (κ3) is 6.36. The molecule has 34 heavy (non-hydrogen) atoms. The summed E-state index contributed by atoms with van der Waals surface area (Å²) in [6.07, 6.45) is 1.30. The van der Waals surface area contributed by atoms with Crippen LogP contribution in [0.2, 0.25) is 0 Å². The number of carbonyl (C=O) groups excluding carboxylic acids is 1. The molecule has 0 aliphatic rings. The second kappa shape index (κ2) is 11.2. The minimum Gasteiger partial charge on any atom is -0.493 e. The number of nitrogens with zero attached hydrogens (tertiary/aromatic N) is 1.